The molecule has 1 fully saturated rings. The van der Waals surface area contributed by atoms with Crippen LogP contribution in [-0.2, 0) is 9.53 Å². The summed E-state index contributed by atoms with van der Waals surface area (Å²) in [5.41, 5.74) is 6.30. The van der Waals surface area contributed by atoms with Gasteiger partial charge in [-0.05, 0) is 45.7 Å². The minimum absolute atomic E-state index is 0.208. The molecule has 3 amide bonds. The summed E-state index contributed by atoms with van der Waals surface area (Å²) in [6, 6.07) is 4.62. The molecule has 0 saturated carbocycles. The van der Waals surface area contributed by atoms with Gasteiger partial charge in [0.25, 0.3) is 5.91 Å². The number of amides is 3. The largest absolute Gasteiger partial charge is 0.444 e. The van der Waals surface area contributed by atoms with Crippen LogP contribution in [0.2, 0.25) is 0 Å². The summed E-state index contributed by atoms with van der Waals surface area (Å²) in [6.45, 7) is 6.66. The molecule has 0 bridgehead atoms. The normalized spacial score (nSPS) is 16.5. The van der Waals surface area contributed by atoms with E-state index in [4.69, 9.17) is 10.5 Å². The summed E-state index contributed by atoms with van der Waals surface area (Å²) in [5, 5.41) is 5.91. The number of ether oxygens (including phenoxy) is 1. The van der Waals surface area contributed by atoms with Gasteiger partial charge in [-0.25, -0.2) is 9.78 Å². The molecule has 1 aromatic carbocycles. The third-order valence-corrected chi connectivity index (χ3v) is 4.68. The van der Waals surface area contributed by atoms with Gasteiger partial charge >= 0.3 is 6.09 Å². The first kappa shape index (κ1) is 21.4. The average Bonchev–Trinajstić information content (AvgIpc) is 3.29. The number of benzene rings is 1. The van der Waals surface area contributed by atoms with Crippen molar-refractivity contribution in [3.63, 3.8) is 0 Å². The van der Waals surface area contributed by atoms with Crippen molar-refractivity contribution in [1.82, 2.24) is 20.2 Å². The minimum atomic E-state index is -0.606. The van der Waals surface area contributed by atoms with Crippen LogP contribution in [0.5, 0.6) is 0 Å². The van der Waals surface area contributed by atoms with Crippen LogP contribution in [0.25, 0.3) is 11.0 Å². The molecule has 1 saturated heterocycles. The van der Waals surface area contributed by atoms with Crippen molar-refractivity contribution in [3.8, 4) is 0 Å². The number of H-pyrrole nitrogens is 1. The fourth-order valence-electron chi connectivity index (χ4n) is 3.38. The highest BCUT2D eigenvalue weighted by molar-refractivity contribution is 6.04. The fraction of sp³-hybridized carbons (Fsp3) is 0.500. The Kier molecular flexibility index (Phi) is 6.14. The van der Waals surface area contributed by atoms with Crippen LogP contribution < -0.4 is 16.4 Å². The number of fused-ring (bicyclic) bond motifs is 1. The monoisotopic (exact) mass is 416 g/mol. The number of aromatic amines is 1. The molecular formula is C20H28N6O4. The van der Waals surface area contributed by atoms with Crippen LogP contribution in [0.15, 0.2) is 18.2 Å². The number of imidazole rings is 1. The van der Waals surface area contributed by atoms with Gasteiger partial charge in [0.15, 0.2) is 0 Å². The summed E-state index contributed by atoms with van der Waals surface area (Å²) in [5.74, 6) is -0.276. The smallest absolute Gasteiger partial charge is 0.410 e. The topological polar surface area (TPSA) is 142 Å². The number of aromatic nitrogens is 2. The van der Waals surface area contributed by atoms with Gasteiger partial charge in [0.2, 0.25) is 11.9 Å². The fourth-order valence-corrected chi connectivity index (χ4v) is 3.38. The third kappa shape index (κ3) is 5.00. The first-order chi connectivity index (χ1) is 14.2. The van der Waals surface area contributed by atoms with Crippen molar-refractivity contribution in [1.29, 1.82) is 0 Å². The quantitative estimate of drug-likeness (QED) is 0.527. The predicted molar refractivity (Wildman–Crippen MR) is 112 cm³/mol. The highest BCUT2D eigenvalue weighted by Crippen LogP contribution is 2.21. The van der Waals surface area contributed by atoms with Gasteiger partial charge in [-0.2, -0.15) is 0 Å². The second-order valence-corrected chi connectivity index (χ2v) is 8.20. The number of nitrogens with two attached hydrogens (primary N) is 1. The lowest BCUT2D eigenvalue weighted by Crippen LogP contribution is -2.48. The number of hydrogen-bond donors (Lipinski definition) is 4. The number of carbonyl (C=O) groups is 3. The Morgan fingerprint density at radius 2 is 2.07 bits per heavy atom. The zero-order chi connectivity index (χ0) is 21.9. The van der Waals surface area contributed by atoms with Gasteiger partial charge in [-0.3, -0.25) is 14.5 Å². The molecule has 1 aliphatic heterocycles. The molecule has 1 aliphatic rings. The lowest BCUT2D eigenvalue weighted by atomic mass is 10.2. The molecule has 0 radical (unpaired) electrons. The van der Waals surface area contributed by atoms with E-state index in [2.05, 4.69) is 20.6 Å². The number of nitrogens with one attached hydrogen (secondary N) is 3. The number of hydrogen-bond acceptors (Lipinski definition) is 6. The molecule has 10 nitrogen and oxygen atoms in total. The third-order valence-electron chi connectivity index (χ3n) is 4.68. The number of primary amides is 1. The highest BCUT2D eigenvalue weighted by Gasteiger charge is 2.36. The minimum Gasteiger partial charge on any atom is -0.444 e. The van der Waals surface area contributed by atoms with Gasteiger partial charge in [0.1, 0.15) is 17.2 Å². The SMILES string of the molecule is CC(C)(C)OC(=O)N1CCC[C@H]1C(=O)NCCNc1nc2c(C(N)=O)cccc2[nH]1. The zero-order valence-corrected chi connectivity index (χ0v) is 17.4. The second-order valence-electron chi connectivity index (χ2n) is 8.20. The van der Waals surface area contributed by atoms with Crippen molar-refractivity contribution >= 4 is 34.9 Å². The Morgan fingerprint density at radius 1 is 1.30 bits per heavy atom. The van der Waals surface area contributed by atoms with Gasteiger partial charge < -0.3 is 26.1 Å². The number of nitrogens with zero attached hydrogens (tertiary/aromatic N) is 2. The van der Waals surface area contributed by atoms with Crippen molar-refractivity contribution in [2.24, 2.45) is 5.73 Å². The predicted octanol–water partition coefficient (Wildman–Crippen LogP) is 1.59. The molecule has 2 heterocycles. The molecule has 5 N–H and O–H groups in total. The van der Waals surface area contributed by atoms with Crippen LogP contribution in [0.4, 0.5) is 10.7 Å². The lowest BCUT2D eigenvalue weighted by molar-refractivity contribution is -0.125. The van der Waals surface area contributed by atoms with Crippen LogP contribution in [0.3, 0.4) is 0 Å². The van der Waals surface area contributed by atoms with Crippen molar-refractivity contribution in [3.05, 3.63) is 23.8 Å². The van der Waals surface area contributed by atoms with Gasteiger partial charge in [0, 0.05) is 19.6 Å². The number of anilines is 1. The molecule has 3 rings (SSSR count). The van der Waals surface area contributed by atoms with E-state index >= 15 is 0 Å². The van der Waals surface area contributed by atoms with E-state index < -0.39 is 23.6 Å². The Hall–Kier alpha value is -3.30. The average molecular weight is 416 g/mol. The maximum atomic E-state index is 12.5. The molecule has 30 heavy (non-hydrogen) atoms. The molecule has 0 spiro atoms. The van der Waals surface area contributed by atoms with Gasteiger partial charge in [-0.15, -0.1) is 0 Å². The molecular weight excluding hydrogens is 388 g/mol. The maximum Gasteiger partial charge on any atom is 0.410 e. The molecule has 2 aromatic rings. The summed E-state index contributed by atoms with van der Waals surface area (Å²) in [7, 11) is 0. The standard InChI is InChI=1S/C20H28N6O4/c1-20(2,3)30-19(29)26-11-5-8-14(26)17(28)22-9-10-23-18-24-13-7-4-6-12(16(21)27)15(13)25-18/h4,6-7,14H,5,8-11H2,1-3H3,(H2,21,27)(H,22,28)(H2,23,24,25)/t14-/m0/s1. The van der Waals surface area contributed by atoms with E-state index in [0.29, 0.717) is 48.6 Å². The maximum absolute atomic E-state index is 12.5. The van der Waals surface area contributed by atoms with E-state index in [1.165, 1.54) is 4.90 Å². The summed E-state index contributed by atoms with van der Waals surface area (Å²) < 4.78 is 5.39. The summed E-state index contributed by atoms with van der Waals surface area (Å²) in [4.78, 5) is 45.3. The molecule has 162 valence electrons. The van der Waals surface area contributed by atoms with E-state index in [1.807, 2.05) is 0 Å². The second kappa shape index (κ2) is 8.60. The number of rotatable bonds is 6. The molecule has 0 unspecified atom stereocenters. The Balaban J connectivity index is 1.51. The Bertz CT molecular complexity index is 948. The Morgan fingerprint density at radius 3 is 2.77 bits per heavy atom. The van der Waals surface area contributed by atoms with E-state index in [0.717, 1.165) is 6.42 Å². The highest BCUT2D eigenvalue weighted by atomic mass is 16.6. The van der Waals surface area contributed by atoms with Crippen LogP contribution in [0.1, 0.15) is 44.0 Å². The molecule has 1 atom stereocenters. The van der Waals surface area contributed by atoms with Crippen LogP contribution in [-0.4, -0.2) is 64.1 Å². The first-order valence-corrected chi connectivity index (χ1v) is 9.95. The van der Waals surface area contributed by atoms with Crippen molar-refractivity contribution in [2.45, 2.75) is 45.3 Å². The molecule has 10 heteroatoms. The van der Waals surface area contributed by atoms with E-state index in [1.54, 1.807) is 39.0 Å². The summed E-state index contributed by atoms with van der Waals surface area (Å²) >= 11 is 0. The molecule has 0 aliphatic carbocycles. The molecule has 1 aromatic heterocycles. The lowest BCUT2D eigenvalue weighted by Gasteiger charge is -2.28. The number of carbonyl (C=O) groups excluding carboxylic acids is 3. The zero-order valence-electron chi connectivity index (χ0n) is 17.4. The number of likely N-dealkylation sites (tertiary alicyclic amines) is 1. The van der Waals surface area contributed by atoms with Crippen molar-refractivity contribution in [2.75, 3.05) is 25.0 Å². The first-order valence-electron chi connectivity index (χ1n) is 9.95. The van der Waals surface area contributed by atoms with E-state index in [9.17, 15) is 14.4 Å². The van der Waals surface area contributed by atoms with Crippen molar-refractivity contribution < 1.29 is 19.1 Å². The Labute approximate surface area is 174 Å². The van der Waals surface area contributed by atoms with E-state index in [-0.39, 0.29) is 5.91 Å². The number of para-hydroxylation sites is 1. The van der Waals surface area contributed by atoms with Crippen LogP contribution >= 0.6 is 0 Å². The summed E-state index contributed by atoms with van der Waals surface area (Å²) in [6.07, 6.45) is 0.903. The van der Waals surface area contributed by atoms with Crippen LogP contribution in [0, 0.1) is 0 Å². The van der Waals surface area contributed by atoms with Gasteiger partial charge in [0.05, 0.1) is 11.1 Å². The van der Waals surface area contributed by atoms with Gasteiger partial charge in [-0.1, -0.05) is 6.07 Å².